The van der Waals surface area contributed by atoms with Gasteiger partial charge in [0.05, 0.1) is 0 Å². The zero-order chi connectivity index (χ0) is 18.1. The second-order valence-corrected chi connectivity index (χ2v) is 7.48. The highest BCUT2D eigenvalue weighted by Gasteiger charge is 2.23. The van der Waals surface area contributed by atoms with Crippen molar-refractivity contribution in [3.05, 3.63) is 106 Å². The van der Waals surface area contributed by atoms with Gasteiger partial charge in [0.2, 0.25) is 5.90 Å². The molecule has 0 radical (unpaired) electrons. The molecule has 1 heterocycles. The summed E-state index contributed by atoms with van der Waals surface area (Å²) in [7, 11) is 0. The van der Waals surface area contributed by atoms with Crippen LogP contribution in [-0.4, -0.2) is 12.5 Å². The molecule has 27 heavy (non-hydrogen) atoms. The molecule has 0 N–H and O–H groups in total. The zero-order valence-electron chi connectivity index (χ0n) is 15.4. The fourth-order valence-corrected chi connectivity index (χ4v) is 4.00. The van der Waals surface area contributed by atoms with E-state index >= 15 is 0 Å². The standard InChI is InChI=1S/C25H23NO/c1-2-4-22(5-3-1)24-17-27-25(26-24)23-16-20-11-10-18-6-8-19(9-7-18)12-14-21(23)15-13-20/h1-9,13,15-16,24H,10-12,14,17H2/t24-/m1/s1. The lowest BCUT2D eigenvalue weighted by molar-refractivity contribution is 0.319. The summed E-state index contributed by atoms with van der Waals surface area (Å²) in [5.41, 5.74) is 7.89. The van der Waals surface area contributed by atoms with Crippen LogP contribution in [0.1, 0.15) is 39.4 Å². The van der Waals surface area contributed by atoms with Crippen molar-refractivity contribution in [2.75, 3.05) is 6.61 Å². The first-order chi connectivity index (χ1) is 13.3. The Balaban J connectivity index is 1.49. The van der Waals surface area contributed by atoms with Gasteiger partial charge in [-0.15, -0.1) is 0 Å². The Kier molecular flexibility index (Phi) is 4.25. The van der Waals surface area contributed by atoms with Gasteiger partial charge in [-0.05, 0) is 59.6 Å². The first-order valence-electron chi connectivity index (χ1n) is 9.81. The number of benzene rings is 3. The van der Waals surface area contributed by atoms with Gasteiger partial charge in [0.25, 0.3) is 0 Å². The molecular formula is C25H23NO. The summed E-state index contributed by atoms with van der Waals surface area (Å²) in [6.45, 7) is 0.629. The van der Waals surface area contributed by atoms with Crippen LogP contribution in [0.2, 0.25) is 0 Å². The highest BCUT2D eigenvalue weighted by Crippen LogP contribution is 2.28. The SMILES string of the molecule is c1ccc([C@H]2COC(c3cc4ccc3CCc3ccc(cc3)CC4)=N2)cc1. The number of hydrogen-bond donors (Lipinski definition) is 0. The minimum Gasteiger partial charge on any atom is -0.475 e. The number of rotatable bonds is 2. The summed E-state index contributed by atoms with van der Waals surface area (Å²) < 4.78 is 6.07. The van der Waals surface area contributed by atoms with Gasteiger partial charge in [-0.2, -0.15) is 0 Å². The smallest absolute Gasteiger partial charge is 0.217 e. The van der Waals surface area contributed by atoms with Crippen molar-refractivity contribution >= 4 is 5.90 Å². The van der Waals surface area contributed by atoms with E-state index in [-0.39, 0.29) is 6.04 Å². The van der Waals surface area contributed by atoms with E-state index in [0.717, 1.165) is 31.6 Å². The van der Waals surface area contributed by atoms with Crippen LogP contribution in [0.4, 0.5) is 0 Å². The van der Waals surface area contributed by atoms with Crippen LogP contribution in [0, 0.1) is 0 Å². The Labute approximate surface area is 160 Å². The summed E-state index contributed by atoms with van der Waals surface area (Å²) in [6, 6.07) is 26.5. The van der Waals surface area contributed by atoms with Crippen LogP contribution in [-0.2, 0) is 30.4 Å². The highest BCUT2D eigenvalue weighted by atomic mass is 16.5. The van der Waals surface area contributed by atoms with Crippen LogP contribution in [0.5, 0.6) is 0 Å². The van der Waals surface area contributed by atoms with Gasteiger partial charge in [-0.1, -0.05) is 66.7 Å². The molecule has 0 aromatic heterocycles. The zero-order valence-corrected chi connectivity index (χ0v) is 15.4. The van der Waals surface area contributed by atoms with Crippen LogP contribution in [0.25, 0.3) is 0 Å². The van der Waals surface area contributed by atoms with Crippen molar-refractivity contribution in [2.24, 2.45) is 4.99 Å². The van der Waals surface area contributed by atoms with Crippen LogP contribution in [0.15, 0.2) is 77.8 Å². The molecule has 0 amide bonds. The van der Waals surface area contributed by atoms with Crippen molar-refractivity contribution in [1.29, 1.82) is 0 Å². The molecule has 0 saturated carbocycles. The predicted molar refractivity (Wildman–Crippen MR) is 109 cm³/mol. The van der Waals surface area contributed by atoms with Gasteiger partial charge >= 0.3 is 0 Å². The third-order valence-electron chi connectivity index (χ3n) is 5.65. The summed E-state index contributed by atoms with van der Waals surface area (Å²) in [4.78, 5) is 4.94. The molecule has 0 unspecified atom stereocenters. The monoisotopic (exact) mass is 353 g/mol. The van der Waals surface area contributed by atoms with Gasteiger partial charge < -0.3 is 4.74 Å². The van der Waals surface area contributed by atoms with E-state index < -0.39 is 0 Å². The lowest BCUT2D eigenvalue weighted by Crippen LogP contribution is -2.08. The number of hydrogen-bond acceptors (Lipinski definition) is 2. The van der Waals surface area contributed by atoms with E-state index in [4.69, 9.17) is 9.73 Å². The third-order valence-corrected chi connectivity index (χ3v) is 5.65. The molecule has 3 aromatic rings. The highest BCUT2D eigenvalue weighted by molar-refractivity contribution is 5.97. The normalized spacial score (nSPS) is 18.5. The molecule has 0 spiro atoms. The fraction of sp³-hybridized carbons (Fsp3) is 0.240. The van der Waals surface area contributed by atoms with E-state index in [1.807, 2.05) is 6.07 Å². The Morgan fingerprint density at radius 1 is 0.704 bits per heavy atom. The van der Waals surface area contributed by atoms with E-state index in [2.05, 4.69) is 66.7 Å². The molecule has 134 valence electrons. The van der Waals surface area contributed by atoms with Crippen molar-refractivity contribution in [2.45, 2.75) is 31.7 Å². The molecule has 2 nitrogen and oxygen atoms in total. The van der Waals surface area contributed by atoms with E-state index in [1.165, 1.54) is 33.4 Å². The molecule has 5 aliphatic rings. The molecule has 4 bridgehead atoms. The van der Waals surface area contributed by atoms with Crippen LogP contribution >= 0.6 is 0 Å². The lowest BCUT2D eigenvalue weighted by atomic mass is 9.93. The third kappa shape index (κ3) is 3.40. The number of nitrogens with zero attached hydrogens (tertiary/aromatic N) is 1. The minimum absolute atomic E-state index is 0.100. The first-order valence-corrected chi connectivity index (χ1v) is 9.81. The number of ether oxygens (including phenoxy) is 1. The Hall–Kier alpha value is -2.87. The fourth-order valence-electron chi connectivity index (χ4n) is 4.00. The molecular weight excluding hydrogens is 330 g/mol. The summed E-state index contributed by atoms with van der Waals surface area (Å²) in [5.74, 6) is 0.812. The summed E-state index contributed by atoms with van der Waals surface area (Å²) in [5, 5.41) is 0. The number of aliphatic imine (C=N–C) groups is 1. The Morgan fingerprint density at radius 2 is 1.37 bits per heavy atom. The molecule has 3 aromatic carbocycles. The molecule has 0 fully saturated rings. The second-order valence-electron chi connectivity index (χ2n) is 7.48. The maximum Gasteiger partial charge on any atom is 0.217 e. The van der Waals surface area contributed by atoms with E-state index in [1.54, 1.807) is 0 Å². The molecule has 4 aliphatic carbocycles. The second kappa shape index (κ2) is 7.03. The van der Waals surface area contributed by atoms with Gasteiger partial charge in [-0.3, -0.25) is 0 Å². The molecule has 1 atom stereocenters. The van der Waals surface area contributed by atoms with Crippen LogP contribution < -0.4 is 0 Å². The Bertz CT molecular complexity index is 973. The molecule has 8 rings (SSSR count). The van der Waals surface area contributed by atoms with Gasteiger partial charge in [0, 0.05) is 5.56 Å². The summed E-state index contributed by atoms with van der Waals surface area (Å²) >= 11 is 0. The van der Waals surface area contributed by atoms with Crippen molar-refractivity contribution in [1.82, 2.24) is 0 Å². The lowest BCUT2D eigenvalue weighted by Gasteiger charge is -2.14. The maximum absolute atomic E-state index is 6.07. The van der Waals surface area contributed by atoms with Gasteiger partial charge in [-0.25, -0.2) is 4.99 Å². The molecule has 0 saturated heterocycles. The van der Waals surface area contributed by atoms with Crippen molar-refractivity contribution in [3.63, 3.8) is 0 Å². The van der Waals surface area contributed by atoms with E-state index in [0.29, 0.717) is 6.61 Å². The summed E-state index contributed by atoms with van der Waals surface area (Å²) in [6.07, 6.45) is 4.16. The predicted octanol–water partition coefficient (Wildman–Crippen LogP) is 5.09. The first kappa shape index (κ1) is 16.3. The minimum atomic E-state index is 0.100. The van der Waals surface area contributed by atoms with Gasteiger partial charge in [0.15, 0.2) is 0 Å². The van der Waals surface area contributed by atoms with Gasteiger partial charge in [0.1, 0.15) is 12.6 Å². The molecule has 1 aliphatic heterocycles. The largest absolute Gasteiger partial charge is 0.475 e. The quantitative estimate of drug-likeness (QED) is 0.629. The van der Waals surface area contributed by atoms with Crippen molar-refractivity contribution < 1.29 is 4.74 Å². The van der Waals surface area contributed by atoms with Crippen molar-refractivity contribution in [3.8, 4) is 0 Å². The Morgan fingerprint density at radius 3 is 2.15 bits per heavy atom. The molecule has 2 heteroatoms. The van der Waals surface area contributed by atoms with Crippen LogP contribution in [0.3, 0.4) is 0 Å². The number of aryl methyl sites for hydroxylation is 4. The van der Waals surface area contributed by atoms with E-state index in [9.17, 15) is 0 Å². The maximum atomic E-state index is 6.07. The average Bonchev–Trinajstić information content (AvgIpc) is 3.21. The average molecular weight is 353 g/mol. The topological polar surface area (TPSA) is 21.6 Å².